The van der Waals surface area contributed by atoms with Crippen LogP contribution in [0, 0.1) is 17.2 Å². The van der Waals surface area contributed by atoms with E-state index in [-0.39, 0.29) is 0 Å². The number of nitrogens with zero attached hydrogens (tertiary/aromatic N) is 3. The molecule has 0 aromatic carbocycles. The number of piperidine rings is 1. The fourth-order valence-electron chi connectivity index (χ4n) is 3.63. The van der Waals surface area contributed by atoms with Crippen molar-refractivity contribution in [2.24, 2.45) is 5.92 Å². The number of fused-ring (bicyclic) bond motifs is 1. The molecule has 1 aliphatic heterocycles. The molecule has 0 atom stereocenters. The number of aromatic nitrogens is 1. The summed E-state index contributed by atoms with van der Waals surface area (Å²) >= 11 is 0. The van der Waals surface area contributed by atoms with Crippen LogP contribution in [0.25, 0.3) is 0 Å². The summed E-state index contributed by atoms with van der Waals surface area (Å²) in [6.45, 7) is 4.39. The number of anilines is 1. The Morgan fingerprint density at radius 2 is 2.15 bits per heavy atom. The molecule has 1 aliphatic carbocycles. The van der Waals surface area contributed by atoms with Crippen LogP contribution in [-0.4, -0.2) is 18.1 Å². The van der Waals surface area contributed by atoms with Gasteiger partial charge < -0.3 is 4.90 Å². The Hall–Kier alpha value is -1.56. The molecule has 3 nitrogen and oxygen atoms in total. The molecule has 0 bridgehead atoms. The van der Waals surface area contributed by atoms with Gasteiger partial charge in [-0.05, 0) is 49.7 Å². The Morgan fingerprint density at radius 3 is 2.85 bits per heavy atom. The maximum atomic E-state index is 9.40. The van der Waals surface area contributed by atoms with Gasteiger partial charge in [0, 0.05) is 18.8 Å². The molecule has 0 saturated carbocycles. The monoisotopic (exact) mass is 269 g/mol. The quantitative estimate of drug-likeness (QED) is 0.843. The smallest absolute Gasteiger partial charge is 0.146 e. The Labute approximate surface area is 121 Å². The second kappa shape index (κ2) is 5.83. The lowest BCUT2D eigenvalue weighted by atomic mass is 9.92. The highest BCUT2D eigenvalue weighted by atomic mass is 15.2. The first-order chi connectivity index (χ1) is 9.81. The maximum Gasteiger partial charge on any atom is 0.146 e. The Balaban J connectivity index is 1.79. The zero-order chi connectivity index (χ0) is 13.9. The van der Waals surface area contributed by atoms with Crippen molar-refractivity contribution in [1.82, 2.24) is 4.98 Å². The van der Waals surface area contributed by atoms with E-state index in [2.05, 4.69) is 24.0 Å². The first-order valence-corrected chi connectivity index (χ1v) is 7.99. The van der Waals surface area contributed by atoms with Crippen molar-refractivity contribution < 1.29 is 0 Å². The zero-order valence-electron chi connectivity index (χ0n) is 12.4. The summed E-state index contributed by atoms with van der Waals surface area (Å²) in [5.74, 6) is 1.82. The van der Waals surface area contributed by atoms with E-state index in [9.17, 15) is 5.26 Å². The molecule has 20 heavy (non-hydrogen) atoms. The number of hydrogen-bond acceptors (Lipinski definition) is 3. The normalized spacial score (nSPS) is 18.9. The van der Waals surface area contributed by atoms with Gasteiger partial charge in [0.05, 0.1) is 5.56 Å². The number of nitriles is 1. The van der Waals surface area contributed by atoms with Gasteiger partial charge in [0.25, 0.3) is 0 Å². The first kappa shape index (κ1) is 13.4. The van der Waals surface area contributed by atoms with Gasteiger partial charge in [0.15, 0.2) is 0 Å². The fraction of sp³-hybridized carbons (Fsp3) is 0.647. The molecule has 1 aromatic rings. The van der Waals surface area contributed by atoms with Crippen molar-refractivity contribution in [3.63, 3.8) is 0 Å². The highest BCUT2D eigenvalue weighted by Crippen LogP contribution is 2.30. The van der Waals surface area contributed by atoms with Gasteiger partial charge in [-0.15, -0.1) is 0 Å². The van der Waals surface area contributed by atoms with Gasteiger partial charge in [0.1, 0.15) is 11.9 Å². The van der Waals surface area contributed by atoms with Gasteiger partial charge in [-0.2, -0.15) is 5.26 Å². The van der Waals surface area contributed by atoms with Gasteiger partial charge in [-0.3, -0.25) is 0 Å². The fourth-order valence-corrected chi connectivity index (χ4v) is 3.63. The van der Waals surface area contributed by atoms with E-state index in [0.717, 1.165) is 43.2 Å². The average molecular weight is 269 g/mol. The summed E-state index contributed by atoms with van der Waals surface area (Å²) in [6, 6.07) is 4.44. The molecule has 2 aliphatic rings. The van der Waals surface area contributed by atoms with Gasteiger partial charge in [-0.1, -0.05) is 19.8 Å². The molecular formula is C17H23N3. The Morgan fingerprint density at radius 1 is 1.35 bits per heavy atom. The second-order valence-electron chi connectivity index (χ2n) is 6.15. The lowest BCUT2D eigenvalue weighted by Gasteiger charge is -2.33. The molecule has 3 heteroatoms. The number of pyridine rings is 1. The van der Waals surface area contributed by atoms with Crippen molar-refractivity contribution in [3.05, 3.63) is 22.9 Å². The van der Waals surface area contributed by atoms with Crippen LogP contribution in [0.4, 0.5) is 5.82 Å². The van der Waals surface area contributed by atoms with Crippen LogP contribution in [0.15, 0.2) is 6.07 Å². The number of aryl methyl sites for hydroxylation is 2. The number of hydrogen-bond donors (Lipinski definition) is 0. The average Bonchev–Trinajstić information content (AvgIpc) is 2.94. The minimum Gasteiger partial charge on any atom is -0.355 e. The minimum absolute atomic E-state index is 0.777. The molecule has 1 saturated heterocycles. The highest BCUT2D eigenvalue weighted by Gasteiger charge is 2.24. The van der Waals surface area contributed by atoms with Crippen LogP contribution in [0.2, 0.25) is 0 Å². The van der Waals surface area contributed by atoms with E-state index in [1.54, 1.807) is 0 Å². The van der Waals surface area contributed by atoms with Crippen molar-refractivity contribution in [3.8, 4) is 6.07 Å². The molecule has 0 N–H and O–H groups in total. The number of rotatable bonds is 3. The SMILES string of the molecule is CCCC1CCN(c2nc3c(cc2C#N)CCC3)CC1. The molecule has 0 unspecified atom stereocenters. The van der Waals surface area contributed by atoms with Crippen molar-refractivity contribution in [1.29, 1.82) is 5.26 Å². The molecule has 106 valence electrons. The van der Waals surface area contributed by atoms with E-state index in [1.165, 1.54) is 43.4 Å². The summed E-state index contributed by atoms with van der Waals surface area (Å²) in [4.78, 5) is 7.16. The largest absolute Gasteiger partial charge is 0.355 e. The van der Waals surface area contributed by atoms with E-state index in [1.807, 2.05) is 0 Å². The van der Waals surface area contributed by atoms with E-state index in [4.69, 9.17) is 4.98 Å². The van der Waals surface area contributed by atoms with Crippen molar-refractivity contribution >= 4 is 5.82 Å². The van der Waals surface area contributed by atoms with Crippen LogP contribution >= 0.6 is 0 Å². The molecule has 0 radical (unpaired) electrons. The molecule has 3 rings (SSSR count). The van der Waals surface area contributed by atoms with E-state index < -0.39 is 0 Å². The van der Waals surface area contributed by atoms with Gasteiger partial charge in [0.2, 0.25) is 0 Å². The molecule has 0 spiro atoms. The third-order valence-electron chi connectivity index (χ3n) is 4.76. The molecule has 0 amide bonds. The van der Waals surface area contributed by atoms with Gasteiger partial charge in [-0.25, -0.2) is 4.98 Å². The first-order valence-electron chi connectivity index (χ1n) is 7.99. The molecule has 1 fully saturated rings. The van der Waals surface area contributed by atoms with Gasteiger partial charge >= 0.3 is 0 Å². The minimum atomic E-state index is 0.777. The third-order valence-corrected chi connectivity index (χ3v) is 4.76. The summed E-state index contributed by atoms with van der Waals surface area (Å²) < 4.78 is 0. The highest BCUT2D eigenvalue weighted by molar-refractivity contribution is 5.57. The maximum absolute atomic E-state index is 9.40. The predicted molar refractivity (Wildman–Crippen MR) is 80.8 cm³/mol. The standard InChI is InChI=1S/C17H23N3/c1-2-4-13-7-9-20(10-8-13)17-15(12-18)11-14-5-3-6-16(14)19-17/h11,13H,2-10H2,1H3. The topological polar surface area (TPSA) is 39.9 Å². The lowest BCUT2D eigenvalue weighted by Crippen LogP contribution is -2.35. The predicted octanol–water partition coefficient (Wildman–Crippen LogP) is 3.46. The van der Waals surface area contributed by atoms with E-state index in [0.29, 0.717) is 0 Å². The van der Waals surface area contributed by atoms with Crippen LogP contribution in [-0.2, 0) is 12.8 Å². The Bertz CT molecular complexity index is 522. The zero-order valence-corrected chi connectivity index (χ0v) is 12.4. The molecule has 1 aromatic heterocycles. The van der Waals surface area contributed by atoms with Crippen molar-refractivity contribution in [2.75, 3.05) is 18.0 Å². The summed E-state index contributed by atoms with van der Waals surface area (Å²) in [5, 5.41) is 9.40. The van der Waals surface area contributed by atoms with Crippen LogP contribution in [0.3, 0.4) is 0 Å². The Kier molecular flexibility index (Phi) is 3.91. The summed E-state index contributed by atoms with van der Waals surface area (Å²) in [6.07, 6.45) is 8.49. The molecule has 2 heterocycles. The second-order valence-corrected chi connectivity index (χ2v) is 6.15. The lowest BCUT2D eigenvalue weighted by molar-refractivity contribution is 0.377. The van der Waals surface area contributed by atoms with E-state index >= 15 is 0 Å². The van der Waals surface area contributed by atoms with Crippen molar-refractivity contribution in [2.45, 2.75) is 51.9 Å². The van der Waals surface area contributed by atoms with Crippen LogP contribution in [0.1, 0.15) is 55.8 Å². The summed E-state index contributed by atoms with van der Waals surface area (Å²) in [5.41, 5.74) is 3.31. The summed E-state index contributed by atoms with van der Waals surface area (Å²) in [7, 11) is 0. The van der Waals surface area contributed by atoms with Crippen LogP contribution < -0.4 is 4.90 Å². The van der Waals surface area contributed by atoms with Crippen LogP contribution in [0.5, 0.6) is 0 Å². The molecular weight excluding hydrogens is 246 g/mol. The third kappa shape index (κ3) is 2.52.